The van der Waals surface area contributed by atoms with Gasteiger partial charge < -0.3 is 9.47 Å². The van der Waals surface area contributed by atoms with Crippen molar-refractivity contribution in [2.45, 2.75) is 45.6 Å². The minimum absolute atomic E-state index is 0.160. The largest absolute Gasteiger partial charge is 0.381 e. The molecule has 2 atom stereocenters. The fourth-order valence-electron chi connectivity index (χ4n) is 2.51. The Balaban J connectivity index is 1.76. The molecule has 1 saturated carbocycles. The maximum Gasteiger partial charge on any atom is 0.143 e. The molecule has 2 aliphatic rings. The lowest BCUT2D eigenvalue weighted by Gasteiger charge is -2.44. The molecule has 3 heteroatoms. The Labute approximate surface area is 97.5 Å². The summed E-state index contributed by atoms with van der Waals surface area (Å²) in [6.45, 7) is 6.64. The Morgan fingerprint density at radius 3 is 2.69 bits per heavy atom. The summed E-state index contributed by atoms with van der Waals surface area (Å²) in [7, 11) is 0. The Morgan fingerprint density at radius 1 is 1.44 bits per heavy atom. The van der Waals surface area contributed by atoms with E-state index in [2.05, 4.69) is 6.92 Å². The molecule has 1 aliphatic heterocycles. The summed E-state index contributed by atoms with van der Waals surface area (Å²) in [4.78, 5) is 11.5. The molecule has 1 saturated heterocycles. The van der Waals surface area contributed by atoms with Crippen molar-refractivity contribution in [2.24, 2.45) is 11.3 Å². The monoisotopic (exact) mass is 226 g/mol. The van der Waals surface area contributed by atoms with Gasteiger partial charge in [0.1, 0.15) is 5.78 Å². The third-order valence-electron chi connectivity index (χ3n) is 4.33. The van der Waals surface area contributed by atoms with Crippen molar-refractivity contribution in [3.05, 3.63) is 0 Å². The zero-order valence-electron chi connectivity index (χ0n) is 10.3. The molecular weight excluding hydrogens is 204 g/mol. The molecule has 0 aromatic carbocycles. The second-order valence-corrected chi connectivity index (χ2v) is 5.28. The van der Waals surface area contributed by atoms with Crippen molar-refractivity contribution < 1.29 is 14.3 Å². The van der Waals surface area contributed by atoms with Crippen LogP contribution in [0.2, 0.25) is 0 Å². The van der Waals surface area contributed by atoms with Crippen LogP contribution in [0.3, 0.4) is 0 Å². The molecule has 0 aromatic rings. The topological polar surface area (TPSA) is 35.5 Å². The second kappa shape index (κ2) is 4.84. The Morgan fingerprint density at radius 2 is 2.12 bits per heavy atom. The Bertz CT molecular complexity index is 258. The van der Waals surface area contributed by atoms with E-state index in [1.54, 1.807) is 0 Å². The average Bonchev–Trinajstić information content (AvgIpc) is 2.34. The van der Waals surface area contributed by atoms with Crippen LogP contribution in [-0.2, 0) is 14.3 Å². The van der Waals surface area contributed by atoms with Gasteiger partial charge in [-0.25, -0.2) is 0 Å². The second-order valence-electron chi connectivity index (χ2n) is 5.28. The third kappa shape index (κ3) is 2.16. The number of carbonyl (C=O) groups excluding carboxylic acids is 1. The molecule has 2 rings (SSSR count). The Hall–Kier alpha value is -0.410. The van der Waals surface area contributed by atoms with Crippen LogP contribution in [0.5, 0.6) is 0 Å². The van der Waals surface area contributed by atoms with Crippen molar-refractivity contribution in [1.29, 1.82) is 0 Å². The SMILES string of the molecule is CCC1(C)C(=O)CC1OCC1CCOCC1. The standard InChI is InChI=1S/C13H22O3/c1-3-13(2)11(14)8-12(13)16-9-10-4-6-15-7-5-10/h10,12H,3-9H2,1-2H3. The van der Waals surface area contributed by atoms with Crippen LogP contribution in [0.4, 0.5) is 0 Å². The number of ether oxygens (including phenoxy) is 2. The molecule has 2 fully saturated rings. The number of hydrogen-bond donors (Lipinski definition) is 0. The van der Waals surface area contributed by atoms with Gasteiger partial charge in [-0.15, -0.1) is 0 Å². The predicted molar refractivity (Wildman–Crippen MR) is 61.3 cm³/mol. The summed E-state index contributed by atoms with van der Waals surface area (Å²) >= 11 is 0. The van der Waals surface area contributed by atoms with E-state index in [-0.39, 0.29) is 11.5 Å². The van der Waals surface area contributed by atoms with Gasteiger partial charge in [-0.2, -0.15) is 0 Å². The highest BCUT2D eigenvalue weighted by molar-refractivity contribution is 5.91. The van der Waals surface area contributed by atoms with Crippen LogP contribution in [0.1, 0.15) is 39.5 Å². The number of hydrogen-bond acceptors (Lipinski definition) is 3. The summed E-state index contributed by atoms with van der Waals surface area (Å²) in [6.07, 6.45) is 3.87. The zero-order valence-corrected chi connectivity index (χ0v) is 10.3. The molecule has 1 heterocycles. The van der Waals surface area contributed by atoms with Gasteiger partial charge in [-0.1, -0.05) is 13.8 Å². The molecule has 16 heavy (non-hydrogen) atoms. The molecular formula is C13H22O3. The normalized spacial score (nSPS) is 36.1. The Kier molecular flexibility index (Phi) is 3.65. The van der Waals surface area contributed by atoms with Crippen LogP contribution in [-0.4, -0.2) is 31.7 Å². The van der Waals surface area contributed by atoms with E-state index in [1.165, 1.54) is 0 Å². The quantitative estimate of drug-likeness (QED) is 0.737. The van der Waals surface area contributed by atoms with E-state index in [9.17, 15) is 4.79 Å². The lowest BCUT2D eigenvalue weighted by Crippen LogP contribution is -2.53. The molecule has 0 amide bonds. The zero-order chi connectivity index (χ0) is 11.6. The lowest BCUT2D eigenvalue weighted by atomic mass is 9.64. The summed E-state index contributed by atoms with van der Waals surface area (Å²) in [5.41, 5.74) is -0.203. The van der Waals surface area contributed by atoms with E-state index >= 15 is 0 Å². The van der Waals surface area contributed by atoms with Gasteiger partial charge >= 0.3 is 0 Å². The van der Waals surface area contributed by atoms with Gasteiger partial charge in [0.05, 0.1) is 11.5 Å². The molecule has 3 nitrogen and oxygen atoms in total. The van der Waals surface area contributed by atoms with Crippen molar-refractivity contribution in [2.75, 3.05) is 19.8 Å². The fraction of sp³-hybridized carbons (Fsp3) is 0.923. The average molecular weight is 226 g/mol. The predicted octanol–water partition coefficient (Wildman–Crippen LogP) is 2.19. The first-order valence-electron chi connectivity index (χ1n) is 6.39. The molecule has 92 valence electrons. The van der Waals surface area contributed by atoms with E-state index in [4.69, 9.17) is 9.47 Å². The summed E-state index contributed by atoms with van der Waals surface area (Å²) in [6, 6.07) is 0. The van der Waals surface area contributed by atoms with Gasteiger partial charge in [0, 0.05) is 26.2 Å². The van der Waals surface area contributed by atoms with Gasteiger partial charge in [0.2, 0.25) is 0 Å². The summed E-state index contributed by atoms with van der Waals surface area (Å²) in [5, 5.41) is 0. The molecule has 0 aromatic heterocycles. The van der Waals surface area contributed by atoms with Gasteiger partial charge in [-0.3, -0.25) is 4.79 Å². The number of Topliss-reactive ketones (excluding diaryl/α,β-unsaturated/α-hetero) is 1. The van der Waals surface area contributed by atoms with E-state index in [0.717, 1.165) is 39.1 Å². The maximum atomic E-state index is 11.5. The smallest absolute Gasteiger partial charge is 0.143 e. The van der Waals surface area contributed by atoms with Crippen LogP contribution in [0.15, 0.2) is 0 Å². The minimum Gasteiger partial charge on any atom is -0.381 e. The molecule has 0 radical (unpaired) electrons. The van der Waals surface area contributed by atoms with E-state index in [0.29, 0.717) is 18.1 Å². The van der Waals surface area contributed by atoms with Crippen LogP contribution < -0.4 is 0 Å². The number of rotatable bonds is 4. The highest BCUT2D eigenvalue weighted by Crippen LogP contribution is 2.42. The molecule has 0 spiro atoms. The fourth-order valence-corrected chi connectivity index (χ4v) is 2.51. The minimum atomic E-state index is -0.203. The van der Waals surface area contributed by atoms with E-state index < -0.39 is 0 Å². The maximum absolute atomic E-state index is 11.5. The van der Waals surface area contributed by atoms with Gasteiger partial charge in [0.25, 0.3) is 0 Å². The molecule has 0 bridgehead atoms. The molecule has 2 unspecified atom stereocenters. The lowest BCUT2D eigenvalue weighted by molar-refractivity contribution is -0.164. The van der Waals surface area contributed by atoms with Crippen molar-refractivity contribution in [1.82, 2.24) is 0 Å². The van der Waals surface area contributed by atoms with Gasteiger partial charge in [0.15, 0.2) is 0 Å². The van der Waals surface area contributed by atoms with Crippen LogP contribution in [0, 0.1) is 11.3 Å². The van der Waals surface area contributed by atoms with Crippen molar-refractivity contribution >= 4 is 5.78 Å². The first-order valence-corrected chi connectivity index (χ1v) is 6.39. The van der Waals surface area contributed by atoms with Crippen molar-refractivity contribution in [3.63, 3.8) is 0 Å². The first-order chi connectivity index (χ1) is 7.66. The summed E-state index contributed by atoms with van der Waals surface area (Å²) < 4.78 is 11.2. The van der Waals surface area contributed by atoms with Crippen LogP contribution >= 0.6 is 0 Å². The number of carbonyl (C=O) groups is 1. The van der Waals surface area contributed by atoms with Gasteiger partial charge in [-0.05, 0) is 25.2 Å². The van der Waals surface area contributed by atoms with E-state index in [1.807, 2.05) is 6.92 Å². The number of ketones is 1. The molecule has 0 N–H and O–H groups in total. The highest BCUT2D eigenvalue weighted by Gasteiger charge is 2.50. The first kappa shape index (κ1) is 12.1. The van der Waals surface area contributed by atoms with Crippen LogP contribution in [0.25, 0.3) is 0 Å². The molecule has 1 aliphatic carbocycles. The highest BCUT2D eigenvalue weighted by atomic mass is 16.5. The summed E-state index contributed by atoms with van der Waals surface area (Å²) in [5.74, 6) is 0.998. The third-order valence-corrected chi connectivity index (χ3v) is 4.33. The van der Waals surface area contributed by atoms with Crippen molar-refractivity contribution in [3.8, 4) is 0 Å².